The molecule has 1 aromatic rings. The molecule has 2 atom stereocenters. The lowest BCUT2D eigenvalue weighted by Gasteiger charge is -2.40. The predicted molar refractivity (Wildman–Crippen MR) is 75.7 cm³/mol. The first kappa shape index (κ1) is 11.8. The van der Waals surface area contributed by atoms with Gasteiger partial charge in [0.05, 0.1) is 11.9 Å². The van der Waals surface area contributed by atoms with Crippen molar-refractivity contribution in [2.75, 3.05) is 6.54 Å². The molecule has 2 unspecified atom stereocenters. The van der Waals surface area contributed by atoms with Gasteiger partial charge in [0.25, 0.3) is 0 Å². The zero-order valence-corrected chi connectivity index (χ0v) is 10.6. The van der Waals surface area contributed by atoms with E-state index in [-0.39, 0.29) is 11.8 Å². The molecule has 0 aromatic heterocycles. The second kappa shape index (κ2) is 4.80. The molecule has 0 fully saturated rings. The van der Waals surface area contributed by atoms with Gasteiger partial charge in [-0.1, -0.05) is 36.4 Å². The Morgan fingerprint density at radius 1 is 1.26 bits per heavy atom. The number of hydrogen-bond donors (Lipinski definition) is 3. The first-order valence-corrected chi connectivity index (χ1v) is 6.49. The van der Waals surface area contributed by atoms with E-state index in [1.165, 1.54) is 0 Å². The van der Waals surface area contributed by atoms with E-state index in [1.54, 1.807) is 6.34 Å². The molecule has 3 N–H and O–H groups in total. The average Bonchev–Trinajstić information content (AvgIpc) is 2.49. The van der Waals surface area contributed by atoms with Crippen LogP contribution in [0.15, 0.2) is 59.6 Å². The van der Waals surface area contributed by atoms with Gasteiger partial charge in [0.2, 0.25) is 5.88 Å². The summed E-state index contributed by atoms with van der Waals surface area (Å²) in [5.41, 5.74) is 0.704. The highest BCUT2D eigenvalue weighted by Crippen LogP contribution is 2.37. The Morgan fingerprint density at radius 3 is 2.79 bits per heavy atom. The predicted octanol–water partition coefficient (Wildman–Crippen LogP) is 2.04. The molecule has 3 rings (SSSR count). The molecule has 1 aromatic carbocycles. The zero-order valence-electron chi connectivity index (χ0n) is 10.6. The summed E-state index contributed by atoms with van der Waals surface area (Å²) >= 11 is 0. The van der Waals surface area contributed by atoms with Crippen molar-refractivity contribution in [2.45, 2.75) is 12.0 Å². The SMILES string of the molecule is OC1=CC(c2ccccc2)(C2C=CNCC2)NC=N1. The van der Waals surface area contributed by atoms with Crippen molar-refractivity contribution in [3.8, 4) is 0 Å². The molecule has 4 heteroatoms. The third-order valence-corrected chi connectivity index (χ3v) is 3.74. The van der Waals surface area contributed by atoms with Gasteiger partial charge >= 0.3 is 0 Å². The standard InChI is InChI=1S/C15H17N3O/c19-14-10-15(18-11-17-14,12-4-2-1-3-5-12)13-6-8-16-9-7-13/h1-6,8,10-11,13,16,19H,7,9H2,(H,17,18). The Kier molecular flexibility index (Phi) is 2.99. The monoisotopic (exact) mass is 255 g/mol. The van der Waals surface area contributed by atoms with Crippen molar-refractivity contribution < 1.29 is 5.11 Å². The summed E-state index contributed by atoms with van der Waals surface area (Å²) in [6, 6.07) is 10.2. The Balaban J connectivity index is 2.08. The second-order valence-corrected chi connectivity index (χ2v) is 4.85. The summed E-state index contributed by atoms with van der Waals surface area (Å²) in [6.45, 7) is 0.934. The van der Waals surface area contributed by atoms with Crippen molar-refractivity contribution >= 4 is 6.34 Å². The van der Waals surface area contributed by atoms with Gasteiger partial charge in [0.1, 0.15) is 0 Å². The van der Waals surface area contributed by atoms with Crippen molar-refractivity contribution in [1.29, 1.82) is 0 Å². The maximum absolute atomic E-state index is 9.82. The maximum atomic E-state index is 9.82. The number of aliphatic hydroxyl groups excluding tert-OH is 1. The number of nitrogens with one attached hydrogen (secondary N) is 2. The van der Waals surface area contributed by atoms with Crippen LogP contribution in [0, 0.1) is 5.92 Å². The highest BCUT2D eigenvalue weighted by Gasteiger charge is 2.39. The van der Waals surface area contributed by atoms with Gasteiger partial charge in [-0.3, -0.25) is 0 Å². The minimum Gasteiger partial charge on any atom is -0.493 e. The van der Waals surface area contributed by atoms with Crippen molar-refractivity contribution in [1.82, 2.24) is 10.6 Å². The number of nitrogens with zero attached hydrogens (tertiary/aromatic N) is 1. The lowest BCUT2D eigenvalue weighted by atomic mass is 9.75. The number of aliphatic imine (C=N–C) groups is 1. The van der Waals surface area contributed by atoms with Crippen molar-refractivity contribution in [2.24, 2.45) is 10.9 Å². The molecule has 98 valence electrons. The molecule has 0 amide bonds. The highest BCUT2D eigenvalue weighted by molar-refractivity contribution is 5.62. The zero-order chi connectivity index (χ0) is 13.1. The van der Waals surface area contributed by atoms with E-state index in [1.807, 2.05) is 30.5 Å². The molecule has 0 spiro atoms. The average molecular weight is 255 g/mol. The van der Waals surface area contributed by atoms with E-state index in [9.17, 15) is 5.11 Å². The summed E-state index contributed by atoms with van der Waals surface area (Å²) < 4.78 is 0. The normalized spacial score (nSPS) is 29.3. The van der Waals surface area contributed by atoms with Crippen LogP contribution in [0.2, 0.25) is 0 Å². The molecule has 2 aliphatic heterocycles. The number of rotatable bonds is 2. The van der Waals surface area contributed by atoms with Crippen LogP contribution in [-0.4, -0.2) is 18.0 Å². The van der Waals surface area contributed by atoms with Gasteiger partial charge in [-0.05, 0) is 18.2 Å². The first-order valence-electron chi connectivity index (χ1n) is 6.49. The van der Waals surface area contributed by atoms with Gasteiger partial charge in [0, 0.05) is 18.5 Å². The van der Waals surface area contributed by atoms with Crippen molar-refractivity contribution in [3.63, 3.8) is 0 Å². The van der Waals surface area contributed by atoms with E-state index in [0.717, 1.165) is 18.5 Å². The highest BCUT2D eigenvalue weighted by atomic mass is 16.3. The largest absolute Gasteiger partial charge is 0.493 e. The molecule has 2 heterocycles. The molecule has 0 bridgehead atoms. The molecule has 19 heavy (non-hydrogen) atoms. The smallest absolute Gasteiger partial charge is 0.210 e. The minimum atomic E-state index is -0.425. The Morgan fingerprint density at radius 2 is 2.11 bits per heavy atom. The summed E-state index contributed by atoms with van der Waals surface area (Å²) in [5.74, 6) is 0.333. The van der Waals surface area contributed by atoms with Gasteiger partial charge in [0.15, 0.2) is 0 Å². The first-order chi connectivity index (χ1) is 9.31. The van der Waals surface area contributed by atoms with E-state index >= 15 is 0 Å². The molecule has 0 saturated heterocycles. The minimum absolute atomic E-state index is 0.0644. The van der Waals surface area contributed by atoms with Gasteiger partial charge < -0.3 is 15.7 Å². The Labute approximate surface area is 112 Å². The Hall–Kier alpha value is -2.23. The molecule has 0 saturated carbocycles. The maximum Gasteiger partial charge on any atom is 0.210 e. The van der Waals surface area contributed by atoms with E-state index < -0.39 is 5.54 Å². The quantitative estimate of drug-likeness (QED) is 0.758. The number of hydrogen-bond acceptors (Lipinski definition) is 4. The molecule has 0 aliphatic carbocycles. The van der Waals surface area contributed by atoms with Crippen LogP contribution >= 0.6 is 0 Å². The van der Waals surface area contributed by atoms with Crippen LogP contribution in [0.3, 0.4) is 0 Å². The van der Waals surface area contributed by atoms with Gasteiger partial charge in [-0.2, -0.15) is 0 Å². The molecule has 2 aliphatic rings. The van der Waals surface area contributed by atoms with Gasteiger partial charge in [-0.15, -0.1) is 0 Å². The summed E-state index contributed by atoms with van der Waals surface area (Å²) in [6.07, 6.45) is 8.51. The number of benzene rings is 1. The molecular weight excluding hydrogens is 238 g/mol. The van der Waals surface area contributed by atoms with E-state index in [0.29, 0.717) is 0 Å². The second-order valence-electron chi connectivity index (χ2n) is 4.85. The number of aliphatic hydroxyl groups is 1. The fourth-order valence-electron chi connectivity index (χ4n) is 2.78. The molecular formula is C15H17N3O. The van der Waals surface area contributed by atoms with Crippen LogP contribution < -0.4 is 10.6 Å². The molecule has 0 radical (unpaired) electrons. The van der Waals surface area contributed by atoms with E-state index in [2.05, 4.69) is 33.8 Å². The lowest BCUT2D eigenvalue weighted by Crippen LogP contribution is -2.49. The van der Waals surface area contributed by atoms with Crippen LogP contribution in [0.1, 0.15) is 12.0 Å². The lowest BCUT2D eigenvalue weighted by molar-refractivity contribution is 0.308. The third-order valence-electron chi connectivity index (χ3n) is 3.74. The van der Waals surface area contributed by atoms with Crippen LogP contribution in [0.25, 0.3) is 0 Å². The summed E-state index contributed by atoms with van der Waals surface area (Å²) in [5, 5.41) is 16.4. The van der Waals surface area contributed by atoms with Gasteiger partial charge in [-0.25, -0.2) is 4.99 Å². The molecule has 4 nitrogen and oxygen atoms in total. The van der Waals surface area contributed by atoms with E-state index in [4.69, 9.17) is 0 Å². The summed E-state index contributed by atoms with van der Waals surface area (Å²) in [7, 11) is 0. The van der Waals surface area contributed by atoms with Crippen LogP contribution in [0.4, 0.5) is 0 Å². The Bertz CT molecular complexity index is 536. The fourth-order valence-corrected chi connectivity index (χ4v) is 2.78. The topological polar surface area (TPSA) is 56.6 Å². The third kappa shape index (κ3) is 2.10. The van der Waals surface area contributed by atoms with Crippen LogP contribution in [0.5, 0.6) is 0 Å². The fraction of sp³-hybridized carbons (Fsp3) is 0.267. The van der Waals surface area contributed by atoms with Crippen molar-refractivity contribution in [3.05, 3.63) is 60.1 Å². The van der Waals surface area contributed by atoms with Crippen LogP contribution in [-0.2, 0) is 5.54 Å². The summed E-state index contributed by atoms with van der Waals surface area (Å²) in [4.78, 5) is 3.89.